The summed E-state index contributed by atoms with van der Waals surface area (Å²) >= 11 is 0. The number of amides is 1. The first-order chi connectivity index (χ1) is 13.6. The predicted octanol–water partition coefficient (Wildman–Crippen LogP) is 3.93. The highest BCUT2D eigenvalue weighted by Crippen LogP contribution is 2.22. The average molecular weight is 383 g/mol. The molecular formula is C23H30N2O3. The number of aryl methyl sites for hydroxylation is 2. The van der Waals surface area contributed by atoms with Gasteiger partial charge in [-0.3, -0.25) is 9.69 Å². The van der Waals surface area contributed by atoms with Gasteiger partial charge in [-0.15, -0.1) is 0 Å². The number of carbonyl (C=O) groups is 1. The molecule has 1 atom stereocenters. The van der Waals surface area contributed by atoms with Crippen molar-refractivity contribution in [2.24, 2.45) is 0 Å². The van der Waals surface area contributed by atoms with Crippen molar-refractivity contribution in [3.05, 3.63) is 59.2 Å². The number of para-hydroxylation sites is 2. The van der Waals surface area contributed by atoms with Crippen LogP contribution in [0.15, 0.2) is 42.5 Å². The average Bonchev–Trinajstić information content (AvgIpc) is 3.18. The Morgan fingerprint density at radius 1 is 1.18 bits per heavy atom. The maximum absolute atomic E-state index is 12.8. The molecule has 150 valence electrons. The van der Waals surface area contributed by atoms with Crippen molar-refractivity contribution in [3.63, 3.8) is 0 Å². The highest BCUT2D eigenvalue weighted by molar-refractivity contribution is 5.93. The van der Waals surface area contributed by atoms with E-state index in [0.717, 1.165) is 54.1 Å². The molecule has 1 saturated heterocycles. The van der Waals surface area contributed by atoms with Crippen LogP contribution < -0.4 is 10.1 Å². The van der Waals surface area contributed by atoms with Gasteiger partial charge in [0.2, 0.25) is 5.91 Å². The maximum atomic E-state index is 12.8. The van der Waals surface area contributed by atoms with Gasteiger partial charge < -0.3 is 14.8 Å². The molecule has 0 aliphatic carbocycles. The number of hydrogen-bond acceptors (Lipinski definition) is 4. The molecule has 0 aromatic heterocycles. The third kappa shape index (κ3) is 5.33. The summed E-state index contributed by atoms with van der Waals surface area (Å²) in [6.07, 6.45) is 2.31. The maximum Gasteiger partial charge on any atom is 0.238 e. The summed E-state index contributed by atoms with van der Waals surface area (Å²) in [5.74, 6) is 0.834. The first-order valence-electron chi connectivity index (χ1n) is 9.88. The van der Waals surface area contributed by atoms with Crippen LogP contribution in [0.25, 0.3) is 0 Å². The van der Waals surface area contributed by atoms with Gasteiger partial charge in [0.15, 0.2) is 0 Å². The lowest BCUT2D eigenvalue weighted by Gasteiger charge is -2.26. The first-order valence-corrected chi connectivity index (χ1v) is 9.88. The van der Waals surface area contributed by atoms with Gasteiger partial charge >= 0.3 is 0 Å². The third-order valence-corrected chi connectivity index (χ3v) is 5.19. The molecule has 28 heavy (non-hydrogen) atoms. The van der Waals surface area contributed by atoms with Crippen LogP contribution in [0.4, 0.5) is 5.69 Å². The second-order valence-corrected chi connectivity index (χ2v) is 7.43. The zero-order chi connectivity index (χ0) is 19.9. The Bertz CT molecular complexity index is 780. The van der Waals surface area contributed by atoms with Crippen LogP contribution in [0, 0.1) is 13.8 Å². The van der Waals surface area contributed by atoms with Crippen molar-refractivity contribution in [2.75, 3.05) is 32.1 Å². The molecular weight excluding hydrogens is 352 g/mol. The third-order valence-electron chi connectivity index (χ3n) is 5.19. The molecule has 2 aromatic carbocycles. The summed E-state index contributed by atoms with van der Waals surface area (Å²) < 4.78 is 11.3. The van der Waals surface area contributed by atoms with Gasteiger partial charge in [-0.05, 0) is 43.9 Å². The fraction of sp³-hybridized carbons (Fsp3) is 0.435. The van der Waals surface area contributed by atoms with Crippen LogP contribution in [0.5, 0.6) is 5.75 Å². The Morgan fingerprint density at radius 2 is 1.93 bits per heavy atom. The molecule has 0 spiro atoms. The number of nitrogens with one attached hydrogen (secondary N) is 1. The van der Waals surface area contributed by atoms with Crippen LogP contribution in [-0.4, -0.2) is 43.7 Å². The lowest BCUT2D eigenvalue weighted by Crippen LogP contribution is -2.38. The van der Waals surface area contributed by atoms with E-state index in [2.05, 4.69) is 10.2 Å². The molecule has 1 fully saturated rings. The molecule has 1 heterocycles. The number of rotatable bonds is 8. The van der Waals surface area contributed by atoms with E-state index < -0.39 is 0 Å². The Balaban J connectivity index is 1.71. The molecule has 1 N–H and O–H groups in total. The molecule has 5 nitrogen and oxygen atoms in total. The molecule has 0 saturated carbocycles. The molecule has 1 aliphatic rings. The summed E-state index contributed by atoms with van der Waals surface area (Å²) in [7, 11) is 1.68. The summed E-state index contributed by atoms with van der Waals surface area (Å²) in [5.41, 5.74) is 4.12. The molecule has 1 unspecified atom stereocenters. The van der Waals surface area contributed by atoms with E-state index >= 15 is 0 Å². The van der Waals surface area contributed by atoms with Gasteiger partial charge in [0, 0.05) is 30.9 Å². The van der Waals surface area contributed by atoms with Crippen LogP contribution in [0.1, 0.15) is 29.5 Å². The fourth-order valence-electron chi connectivity index (χ4n) is 3.73. The first kappa shape index (κ1) is 20.4. The topological polar surface area (TPSA) is 50.8 Å². The second-order valence-electron chi connectivity index (χ2n) is 7.43. The van der Waals surface area contributed by atoms with E-state index in [1.165, 1.54) is 0 Å². The van der Waals surface area contributed by atoms with Gasteiger partial charge in [-0.2, -0.15) is 0 Å². The Labute approximate surface area is 167 Å². The Hall–Kier alpha value is -2.37. The number of nitrogens with zero attached hydrogens (tertiary/aromatic N) is 1. The van der Waals surface area contributed by atoms with E-state index in [9.17, 15) is 4.79 Å². The molecule has 1 aliphatic heterocycles. The largest absolute Gasteiger partial charge is 0.496 e. The minimum absolute atomic E-state index is 0.00899. The SMILES string of the molecule is COc1ccccc1CN(CC(=O)Nc1c(C)cccc1C)CC1CCCO1. The van der Waals surface area contributed by atoms with E-state index in [0.29, 0.717) is 13.1 Å². The van der Waals surface area contributed by atoms with Gasteiger partial charge in [-0.1, -0.05) is 36.4 Å². The van der Waals surface area contributed by atoms with Gasteiger partial charge in [0.05, 0.1) is 19.8 Å². The molecule has 3 rings (SSSR count). The number of anilines is 1. The van der Waals surface area contributed by atoms with Crippen LogP contribution >= 0.6 is 0 Å². The van der Waals surface area contributed by atoms with Crippen molar-refractivity contribution in [2.45, 2.75) is 39.3 Å². The van der Waals surface area contributed by atoms with Crippen LogP contribution in [0.3, 0.4) is 0 Å². The highest BCUT2D eigenvalue weighted by Gasteiger charge is 2.22. The standard InChI is InChI=1S/C23H30N2O3/c1-17-8-6-9-18(2)23(17)24-22(26)16-25(15-20-11-7-13-28-20)14-19-10-4-5-12-21(19)27-3/h4-6,8-10,12,20H,7,11,13-16H2,1-3H3,(H,24,26). The van der Waals surface area contributed by atoms with Crippen molar-refractivity contribution in [3.8, 4) is 5.75 Å². The van der Waals surface area contributed by atoms with E-state index in [1.54, 1.807) is 7.11 Å². The van der Waals surface area contributed by atoms with Gasteiger partial charge in [0.25, 0.3) is 0 Å². The number of methoxy groups -OCH3 is 1. The molecule has 2 aromatic rings. The molecule has 5 heteroatoms. The zero-order valence-corrected chi connectivity index (χ0v) is 17.0. The van der Waals surface area contributed by atoms with E-state index in [-0.39, 0.29) is 12.0 Å². The molecule has 0 bridgehead atoms. The predicted molar refractivity (Wildman–Crippen MR) is 112 cm³/mol. The lowest BCUT2D eigenvalue weighted by atomic mass is 10.1. The monoisotopic (exact) mass is 382 g/mol. The minimum Gasteiger partial charge on any atom is -0.496 e. The number of ether oxygens (including phenoxy) is 2. The van der Waals surface area contributed by atoms with Crippen LogP contribution in [0.2, 0.25) is 0 Å². The molecule has 0 radical (unpaired) electrons. The lowest BCUT2D eigenvalue weighted by molar-refractivity contribution is -0.117. The smallest absolute Gasteiger partial charge is 0.238 e. The van der Waals surface area contributed by atoms with Crippen molar-refractivity contribution in [1.82, 2.24) is 4.90 Å². The summed E-state index contributed by atoms with van der Waals surface area (Å²) in [4.78, 5) is 15.0. The Morgan fingerprint density at radius 3 is 2.61 bits per heavy atom. The van der Waals surface area contributed by atoms with Gasteiger partial charge in [-0.25, -0.2) is 0 Å². The fourth-order valence-corrected chi connectivity index (χ4v) is 3.73. The summed E-state index contributed by atoms with van der Waals surface area (Å²) in [6, 6.07) is 14.0. The van der Waals surface area contributed by atoms with E-state index in [4.69, 9.17) is 9.47 Å². The minimum atomic E-state index is -0.00899. The number of benzene rings is 2. The number of hydrogen-bond donors (Lipinski definition) is 1. The van der Waals surface area contributed by atoms with Crippen molar-refractivity contribution in [1.29, 1.82) is 0 Å². The summed E-state index contributed by atoms with van der Waals surface area (Å²) in [6.45, 7) is 6.53. The van der Waals surface area contributed by atoms with Crippen LogP contribution in [-0.2, 0) is 16.1 Å². The second kappa shape index (κ2) is 9.71. The normalized spacial score (nSPS) is 16.4. The quantitative estimate of drug-likeness (QED) is 0.752. The zero-order valence-electron chi connectivity index (χ0n) is 17.0. The molecule has 1 amide bonds. The van der Waals surface area contributed by atoms with Gasteiger partial charge in [0.1, 0.15) is 5.75 Å². The van der Waals surface area contributed by atoms with Crippen molar-refractivity contribution >= 4 is 11.6 Å². The number of carbonyl (C=O) groups excluding carboxylic acids is 1. The Kier molecular flexibility index (Phi) is 7.06. The summed E-state index contributed by atoms with van der Waals surface area (Å²) in [5, 5.41) is 3.10. The highest BCUT2D eigenvalue weighted by atomic mass is 16.5. The van der Waals surface area contributed by atoms with Crippen molar-refractivity contribution < 1.29 is 14.3 Å². The van der Waals surface area contributed by atoms with E-state index in [1.807, 2.05) is 56.3 Å².